The fourth-order valence-electron chi connectivity index (χ4n) is 1.07. The number of aliphatic hydroxyl groups excluding tert-OH is 1. The monoisotopic (exact) mass is 228 g/mol. The molecule has 0 aliphatic rings. The number of aliphatic hydroxyl groups is 1. The first kappa shape index (κ1) is 12.1. The van der Waals surface area contributed by atoms with E-state index in [1.807, 2.05) is 0 Å². The van der Waals surface area contributed by atoms with Crippen LogP contribution in [0, 0.1) is 10.1 Å². The summed E-state index contributed by atoms with van der Waals surface area (Å²) in [4.78, 5) is 22.5. The van der Waals surface area contributed by atoms with E-state index in [4.69, 9.17) is 5.11 Å². The Kier molecular flexibility index (Phi) is 3.95. The van der Waals surface area contributed by atoms with Crippen molar-refractivity contribution in [1.82, 2.24) is 14.7 Å². The van der Waals surface area contributed by atoms with Crippen molar-refractivity contribution in [3.63, 3.8) is 0 Å². The fraction of sp³-hybridized carbons (Fsp3) is 0.500. The Labute approximate surface area is 91.2 Å². The van der Waals surface area contributed by atoms with Gasteiger partial charge in [0.15, 0.2) is 0 Å². The van der Waals surface area contributed by atoms with Crippen LogP contribution in [0.3, 0.4) is 0 Å². The number of aromatic nitrogens is 2. The van der Waals surface area contributed by atoms with Crippen LogP contribution in [0.25, 0.3) is 0 Å². The van der Waals surface area contributed by atoms with E-state index in [0.717, 1.165) is 0 Å². The van der Waals surface area contributed by atoms with Crippen molar-refractivity contribution in [3.05, 3.63) is 22.4 Å². The average Bonchev–Trinajstić information content (AvgIpc) is 2.66. The van der Waals surface area contributed by atoms with Gasteiger partial charge in [-0.3, -0.25) is 4.79 Å². The molecule has 1 heterocycles. The molecule has 0 atom stereocenters. The minimum Gasteiger partial charge on any atom is -0.395 e. The van der Waals surface area contributed by atoms with Crippen LogP contribution >= 0.6 is 0 Å². The van der Waals surface area contributed by atoms with Gasteiger partial charge in [0.05, 0.1) is 24.0 Å². The molecule has 1 aromatic rings. The highest BCUT2D eigenvalue weighted by Gasteiger charge is 2.15. The largest absolute Gasteiger partial charge is 0.395 e. The smallest absolute Gasteiger partial charge is 0.389 e. The summed E-state index contributed by atoms with van der Waals surface area (Å²) < 4.78 is 1.19. The lowest BCUT2D eigenvalue weighted by Gasteiger charge is -2.14. The summed E-state index contributed by atoms with van der Waals surface area (Å²) in [6.07, 6.45) is 1.36. The van der Waals surface area contributed by atoms with Gasteiger partial charge in [-0.2, -0.15) is 4.68 Å². The summed E-state index contributed by atoms with van der Waals surface area (Å²) in [6, 6.07) is 1.22. The summed E-state index contributed by atoms with van der Waals surface area (Å²) in [5, 5.41) is 22.6. The maximum atomic E-state index is 11.5. The zero-order valence-electron chi connectivity index (χ0n) is 8.74. The molecule has 0 radical (unpaired) electrons. The molecule has 1 amide bonds. The molecule has 8 nitrogen and oxygen atoms in total. The van der Waals surface area contributed by atoms with E-state index in [2.05, 4.69) is 5.10 Å². The molecule has 0 spiro atoms. The third kappa shape index (κ3) is 3.02. The van der Waals surface area contributed by atoms with E-state index in [1.165, 1.54) is 28.9 Å². The van der Waals surface area contributed by atoms with Gasteiger partial charge in [0.25, 0.3) is 0 Å². The third-order valence-corrected chi connectivity index (χ3v) is 1.97. The molecular formula is C8H12N4O4. The highest BCUT2D eigenvalue weighted by Crippen LogP contribution is 2.05. The molecule has 0 saturated carbocycles. The van der Waals surface area contributed by atoms with Gasteiger partial charge in [0, 0.05) is 13.6 Å². The maximum absolute atomic E-state index is 11.5. The number of carbonyl (C=O) groups is 1. The van der Waals surface area contributed by atoms with E-state index in [9.17, 15) is 14.9 Å². The first-order valence-electron chi connectivity index (χ1n) is 4.57. The third-order valence-electron chi connectivity index (χ3n) is 1.97. The number of hydrogen-bond acceptors (Lipinski definition) is 5. The van der Waals surface area contributed by atoms with E-state index in [0.29, 0.717) is 0 Å². The van der Waals surface area contributed by atoms with Crippen molar-refractivity contribution >= 4 is 11.7 Å². The summed E-state index contributed by atoms with van der Waals surface area (Å²) >= 11 is 0. The summed E-state index contributed by atoms with van der Waals surface area (Å²) in [5.74, 6) is -0.565. The lowest BCUT2D eigenvalue weighted by atomic mass is 10.5. The molecule has 0 saturated heterocycles. The normalized spacial score (nSPS) is 10.1. The SMILES string of the molecule is CN(CCO)C(=O)Cn1ccc([N+](=O)[O-])n1. The summed E-state index contributed by atoms with van der Waals surface area (Å²) in [6.45, 7) is 0.0219. The maximum Gasteiger partial charge on any atom is 0.389 e. The van der Waals surface area contributed by atoms with Crippen molar-refractivity contribution in [2.24, 2.45) is 0 Å². The molecule has 0 aromatic carbocycles. The van der Waals surface area contributed by atoms with Gasteiger partial charge in [0.1, 0.15) is 6.54 Å². The zero-order valence-corrected chi connectivity index (χ0v) is 8.74. The second-order valence-corrected chi connectivity index (χ2v) is 3.17. The van der Waals surface area contributed by atoms with E-state index < -0.39 is 4.92 Å². The second-order valence-electron chi connectivity index (χ2n) is 3.17. The van der Waals surface area contributed by atoms with Crippen LogP contribution in [0.2, 0.25) is 0 Å². The Morgan fingerprint density at radius 2 is 2.44 bits per heavy atom. The molecule has 16 heavy (non-hydrogen) atoms. The van der Waals surface area contributed by atoms with Gasteiger partial charge < -0.3 is 20.1 Å². The van der Waals surface area contributed by atoms with Crippen LogP contribution in [0.15, 0.2) is 12.3 Å². The zero-order chi connectivity index (χ0) is 12.1. The fourth-order valence-corrected chi connectivity index (χ4v) is 1.07. The van der Waals surface area contributed by atoms with Gasteiger partial charge in [-0.1, -0.05) is 0 Å². The number of nitrogens with zero attached hydrogens (tertiary/aromatic N) is 4. The van der Waals surface area contributed by atoms with Gasteiger partial charge >= 0.3 is 5.82 Å². The van der Waals surface area contributed by atoms with Crippen molar-refractivity contribution in [3.8, 4) is 0 Å². The quantitative estimate of drug-likeness (QED) is 0.527. The molecule has 8 heteroatoms. The molecule has 1 N–H and O–H groups in total. The van der Waals surface area contributed by atoms with Crippen LogP contribution in [0.4, 0.5) is 5.82 Å². The molecule has 0 fully saturated rings. The van der Waals surface area contributed by atoms with E-state index in [-0.39, 0.29) is 31.4 Å². The first-order chi connectivity index (χ1) is 7.54. The van der Waals surface area contributed by atoms with Crippen molar-refractivity contribution in [2.75, 3.05) is 20.2 Å². The Balaban J connectivity index is 2.59. The number of carbonyl (C=O) groups excluding carboxylic acids is 1. The number of hydrogen-bond donors (Lipinski definition) is 1. The van der Waals surface area contributed by atoms with Crippen molar-refractivity contribution in [2.45, 2.75) is 6.54 Å². The van der Waals surface area contributed by atoms with Crippen LogP contribution in [-0.4, -0.2) is 50.8 Å². The predicted molar refractivity (Wildman–Crippen MR) is 53.6 cm³/mol. The lowest BCUT2D eigenvalue weighted by molar-refractivity contribution is -0.389. The van der Waals surface area contributed by atoms with Crippen molar-refractivity contribution in [1.29, 1.82) is 0 Å². The number of amides is 1. The molecular weight excluding hydrogens is 216 g/mol. The second kappa shape index (κ2) is 5.21. The molecule has 0 aliphatic carbocycles. The van der Waals surface area contributed by atoms with Crippen LogP contribution in [0.5, 0.6) is 0 Å². The van der Waals surface area contributed by atoms with Gasteiger partial charge in [0.2, 0.25) is 5.91 Å². The van der Waals surface area contributed by atoms with Gasteiger partial charge in [-0.05, 0) is 4.92 Å². The summed E-state index contributed by atoms with van der Waals surface area (Å²) in [5.41, 5.74) is 0. The van der Waals surface area contributed by atoms with Crippen LogP contribution < -0.4 is 0 Å². The van der Waals surface area contributed by atoms with Crippen molar-refractivity contribution < 1.29 is 14.8 Å². The first-order valence-corrected chi connectivity index (χ1v) is 4.57. The van der Waals surface area contributed by atoms with Crippen LogP contribution in [-0.2, 0) is 11.3 Å². The number of likely N-dealkylation sites (N-methyl/N-ethyl adjacent to an activating group) is 1. The van der Waals surface area contributed by atoms with Gasteiger partial charge in [-0.25, -0.2) is 0 Å². The van der Waals surface area contributed by atoms with Gasteiger partial charge in [-0.15, -0.1) is 0 Å². The molecule has 0 bridgehead atoms. The molecule has 88 valence electrons. The Morgan fingerprint density at radius 1 is 1.75 bits per heavy atom. The molecule has 0 aliphatic heterocycles. The Hall–Kier alpha value is -1.96. The highest BCUT2D eigenvalue weighted by molar-refractivity contribution is 5.75. The molecule has 0 unspecified atom stereocenters. The Morgan fingerprint density at radius 3 is 2.94 bits per heavy atom. The average molecular weight is 228 g/mol. The lowest BCUT2D eigenvalue weighted by Crippen LogP contribution is -2.32. The van der Waals surface area contributed by atoms with Crippen LogP contribution in [0.1, 0.15) is 0 Å². The minimum absolute atomic E-state index is 0.0790. The standard InChI is InChI=1S/C8H12N4O4/c1-10(4-5-13)8(14)6-11-3-2-7(9-11)12(15)16/h2-3,13H,4-6H2,1H3. The van der Waals surface area contributed by atoms with E-state index in [1.54, 1.807) is 0 Å². The molecule has 1 aromatic heterocycles. The summed E-state index contributed by atoms with van der Waals surface area (Å²) in [7, 11) is 1.54. The number of rotatable bonds is 5. The minimum atomic E-state index is -0.627. The molecule has 1 rings (SSSR count). The number of nitro groups is 1. The van der Waals surface area contributed by atoms with E-state index >= 15 is 0 Å². The topological polar surface area (TPSA) is 102 Å². The Bertz CT molecular complexity index is 389. The predicted octanol–water partition coefficient (Wildman–Crippen LogP) is -0.758. The highest BCUT2D eigenvalue weighted by atomic mass is 16.6.